The van der Waals surface area contributed by atoms with Gasteiger partial charge in [-0.1, -0.05) is 45.8 Å². The first-order chi connectivity index (χ1) is 19.1. The van der Waals surface area contributed by atoms with Gasteiger partial charge in [0.05, 0.1) is 15.9 Å². The number of amides is 3. The third kappa shape index (κ3) is 4.58. The molecule has 12 heteroatoms. The van der Waals surface area contributed by atoms with Crippen molar-refractivity contribution in [2.24, 2.45) is 0 Å². The Kier molecular flexibility index (Phi) is 6.86. The van der Waals surface area contributed by atoms with Crippen LogP contribution in [-0.2, 0) is 0 Å². The molecule has 0 saturated heterocycles. The molecule has 40 heavy (non-hydrogen) atoms. The van der Waals surface area contributed by atoms with E-state index in [1.165, 1.54) is 4.90 Å². The van der Waals surface area contributed by atoms with E-state index in [9.17, 15) is 34.6 Å². The van der Waals surface area contributed by atoms with Crippen molar-refractivity contribution in [1.29, 1.82) is 0 Å². The number of rotatable bonds is 7. The van der Waals surface area contributed by atoms with Gasteiger partial charge in [0.1, 0.15) is 5.56 Å². The van der Waals surface area contributed by atoms with Crippen LogP contribution in [0.3, 0.4) is 0 Å². The minimum absolute atomic E-state index is 0.185. The maximum Gasteiger partial charge on any atom is 0.289 e. The lowest BCUT2D eigenvalue weighted by Gasteiger charge is -2.30. The molecule has 4 aromatic carbocycles. The second-order valence-corrected chi connectivity index (χ2v) is 9.95. The number of nitro benzene ring substituents is 2. The van der Waals surface area contributed by atoms with Crippen molar-refractivity contribution >= 4 is 61.5 Å². The van der Waals surface area contributed by atoms with Gasteiger partial charge in [-0.25, -0.2) is 0 Å². The van der Waals surface area contributed by atoms with E-state index in [2.05, 4.69) is 15.9 Å². The van der Waals surface area contributed by atoms with Crippen LogP contribution in [0.5, 0.6) is 0 Å². The van der Waals surface area contributed by atoms with Gasteiger partial charge >= 0.3 is 0 Å². The second-order valence-electron chi connectivity index (χ2n) is 9.09. The largest absolute Gasteiger partial charge is 0.306 e. The number of hydrogen-bond acceptors (Lipinski definition) is 7. The third-order valence-corrected chi connectivity index (χ3v) is 7.39. The second kappa shape index (κ2) is 10.3. The first-order valence-electron chi connectivity index (χ1n) is 12.0. The summed E-state index contributed by atoms with van der Waals surface area (Å²) in [5, 5.41) is 24.2. The molecule has 1 aliphatic rings. The number of anilines is 1. The monoisotopic (exact) mass is 602 g/mol. The van der Waals surface area contributed by atoms with E-state index in [1.807, 2.05) is 6.92 Å². The Hall–Kier alpha value is -4.97. The van der Waals surface area contributed by atoms with Gasteiger partial charge in [0.25, 0.3) is 29.1 Å². The van der Waals surface area contributed by atoms with Crippen LogP contribution in [0, 0.1) is 27.2 Å². The molecule has 0 aromatic heterocycles. The molecule has 0 saturated carbocycles. The fraction of sp³-hybridized carbons (Fsp3) is 0.107. The molecule has 0 bridgehead atoms. The maximum atomic E-state index is 13.7. The number of aryl methyl sites for hydroxylation is 1. The number of nitro groups is 2. The van der Waals surface area contributed by atoms with E-state index in [4.69, 9.17) is 0 Å². The van der Waals surface area contributed by atoms with Gasteiger partial charge in [-0.15, -0.1) is 0 Å². The summed E-state index contributed by atoms with van der Waals surface area (Å²) in [6.07, 6.45) is 0. The molecule has 1 heterocycles. The van der Waals surface area contributed by atoms with Crippen LogP contribution in [0.4, 0.5) is 17.1 Å². The Morgan fingerprint density at radius 2 is 1.57 bits per heavy atom. The van der Waals surface area contributed by atoms with Crippen molar-refractivity contribution in [3.63, 3.8) is 0 Å². The standard InChI is InChI=1S/C28H19BrN4O7/c1-16-5-7-17(8-6-16)30(26(34)20-10-9-18(32(37)38)15-24(20)33(39)40)13-14-31-27(35)21-4-2-3-19-23(29)12-11-22(25(19)21)28(31)36/h2-12,15H,13-14H2,1H3. The first kappa shape index (κ1) is 26.6. The molecule has 1 aliphatic heterocycles. The number of carbonyl (C=O) groups excluding carboxylic acids is 3. The summed E-state index contributed by atoms with van der Waals surface area (Å²) in [7, 11) is 0. The van der Waals surface area contributed by atoms with Gasteiger partial charge in [0, 0.05) is 45.8 Å². The molecule has 0 atom stereocenters. The molecule has 0 aliphatic carbocycles. The minimum Gasteiger partial charge on any atom is -0.306 e. The zero-order chi connectivity index (χ0) is 28.7. The molecule has 5 rings (SSSR count). The van der Waals surface area contributed by atoms with E-state index in [1.54, 1.807) is 54.6 Å². The normalized spacial score (nSPS) is 12.5. The Labute approximate surface area is 235 Å². The fourth-order valence-electron chi connectivity index (χ4n) is 4.70. The smallest absolute Gasteiger partial charge is 0.289 e. The Morgan fingerprint density at radius 3 is 2.23 bits per heavy atom. The molecule has 0 unspecified atom stereocenters. The number of halogens is 1. The lowest BCUT2D eigenvalue weighted by molar-refractivity contribution is -0.394. The highest BCUT2D eigenvalue weighted by atomic mass is 79.9. The average molecular weight is 603 g/mol. The number of benzene rings is 4. The lowest BCUT2D eigenvalue weighted by Crippen LogP contribution is -2.46. The van der Waals surface area contributed by atoms with Gasteiger partial charge in [0.2, 0.25) is 0 Å². The predicted octanol–water partition coefficient (Wildman–Crippen LogP) is 5.67. The van der Waals surface area contributed by atoms with Crippen molar-refractivity contribution < 1.29 is 24.2 Å². The van der Waals surface area contributed by atoms with E-state index in [0.29, 0.717) is 22.2 Å². The van der Waals surface area contributed by atoms with E-state index in [0.717, 1.165) is 38.5 Å². The van der Waals surface area contributed by atoms with Gasteiger partial charge in [-0.2, -0.15) is 0 Å². The highest BCUT2D eigenvalue weighted by Crippen LogP contribution is 2.34. The molecule has 11 nitrogen and oxygen atoms in total. The molecule has 0 fully saturated rings. The highest BCUT2D eigenvalue weighted by molar-refractivity contribution is 9.10. The molecule has 0 spiro atoms. The third-order valence-electron chi connectivity index (χ3n) is 6.70. The van der Waals surface area contributed by atoms with Crippen LogP contribution in [0.15, 0.2) is 77.3 Å². The molecular formula is C28H19BrN4O7. The Morgan fingerprint density at radius 1 is 0.900 bits per heavy atom. The molecular weight excluding hydrogens is 584 g/mol. The average Bonchev–Trinajstić information content (AvgIpc) is 2.94. The zero-order valence-electron chi connectivity index (χ0n) is 20.9. The summed E-state index contributed by atoms with van der Waals surface area (Å²) < 4.78 is 0.739. The summed E-state index contributed by atoms with van der Waals surface area (Å²) in [5.74, 6) is -1.87. The van der Waals surface area contributed by atoms with Crippen LogP contribution in [0.2, 0.25) is 0 Å². The molecule has 0 N–H and O–H groups in total. The van der Waals surface area contributed by atoms with E-state index >= 15 is 0 Å². The van der Waals surface area contributed by atoms with Gasteiger partial charge in [-0.3, -0.25) is 39.5 Å². The van der Waals surface area contributed by atoms with E-state index < -0.39 is 38.9 Å². The number of hydrogen-bond donors (Lipinski definition) is 0. The van der Waals surface area contributed by atoms with Crippen LogP contribution in [-0.4, -0.2) is 45.6 Å². The quantitative estimate of drug-likeness (QED) is 0.150. The van der Waals surface area contributed by atoms with Crippen LogP contribution >= 0.6 is 15.9 Å². The Balaban J connectivity index is 1.52. The lowest BCUT2D eigenvalue weighted by atomic mass is 9.94. The topological polar surface area (TPSA) is 144 Å². The SMILES string of the molecule is Cc1ccc(N(CCN2C(=O)c3cccc4c(Br)ccc(c34)C2=O)C(=O)c2ccc([N+](=O)[O-])cc2[N+](=O)[O-])cc1. The summed E-state index contributed by atoms with van der Waals surface area (Å²) in [6.45, 7) is 1.46. The minimum atomic E-state index is -0.860. The summed E-state index contributed by atoms with van der Waals surface area (Å²) in [5.41, 5.74) is 0.315. The predicted molar refractivity (Wildman–Crippen MR) is 150 cm³/mol. The number of carbonyl (C=O) groups is 3. The summed E-state index contributed by atoms with van der Waals surface area (Å²) in [6, 6.07) is 18.0. The fourth-order valence-corrected chi connectivity index (χ4v) is 5.16. The van der Waals surface area contributed by atoms with Gasteiger partial charge in [-0.05, 0) is 48.7 Å². The molecule has 0 radical (unpaired) electrons. The number of non-ortho nitro benzene ring substituents is 1. The van der Waals surface area contributed by atoms with Crippen LogP contribution in [0.25, 0.3) is 10.8 Å². The molecule has 200 valence electrons. The van der Waals surface area contributed by atoms with Gasteiger partial charge < -0.3 is 4.90 Å². The zero-order valence-corrected chi connectivity index (χ0v) is 22.5. The highest BCUT2D eigenvalue weighted by Gasteiger charge is 2.35. The molecule has 4 aromatic rings. The Bertz CT molecular complexity index is 1730. The van der Waals surface area contributed by atoms with Crippen molar-refractivity contribution in [3.8, 4) is 0 Å². The summed E-state index contributed by atoms with van der Waals surface area (Å²) >= 11 is 3.45. The first-order valence-corrected chi connectivity index (χ1v) is 12.8. The molecule has 3 amide bonds. The van der Waals surface area contributed by atoms with Crippen molar-refractivity contribution in [2.75, 3.05) is 18.0 Å². The number of imide groups is 1. The summed E-state index contributed by atoms with van der Waals surface area (Å²) in [4.78, 5) is 64.1. The van der Waals surface area contributed by atoms with Crippen molar-refractivity contribution in [1.82, 2.24) is 4.90 Å². The van der Waals surface area contributed by atoms with Crippen molar-refractivity contribution in [2.45, 2.75) is 6.92 Å². The van der Waals surface area contributed by atoms with Gasteiger partial charge in [0.15, 0.2) is 0 Å². The number of nitrogens with zero attached hydrogens (tertiary/aromatic N) is 4. The van der Waals surface area contributed by atoms with Crippen LogP contribution in [0.1, 0.15) is 36.6 Å². The maximum absolute atomic E-state index is 13.7. The van der Waals surface area contributed by atoms with E-state index in [-0.39, 0.29) is 18.7 Å². The van der Waals surface area contributed by atoms with Crippen LogP contribution < -0.4 is 4.90 Å². The van der Waals surface area contributed by atoms with Crippen molar-refractivity contribution in [3.05, 3.63) is 120 Å².